The van der Waals surface area contributed by atoms with Gasteiger partial charge in [0.05, 0.1) is 12.2 Å². The predicted octanol–water partition coefficient (Wildman–Crippen LogP) is 4.50. The van der Waals surface area contributed by atoms with Crippen LogP contribution in [0.5, 0.6) is 0 Å². The van der Waals surface area contributed by atoms with Crippen LogP contribution < -0.4 is 24.7 Å². The monoisotopic (exact) mass is 983 g/mol. The van der Waals surface area contributed by atoms with E-state index in [2.05, 4.69) is 107 Å². The Hall–Kier alpha value is 2.03. The maximum absolute atomic E-state index is 11.5. The first-order chi connectivity index (χ1) is 13.8. The molecule has 2 aliphatic carbocycles. The molecule has 0 bridgehead atoms. The predicted molar refractivity (Wildman–Crippen MR) is 154 cm³/mol. The molecule has 0 aromatic heterocycles. The molecule has 4 unspecified atom stereocenters. The summed E-state index contributed by atoms with van der Waals surface area (Å²) in [5.41, 5.74) is 2.59. The van der Waals surface area contributed by atoms with Crippen molar-refractivity contribution in [2.45, 2.75) is 53.4 Å². The first kappa shape index (κ1) is 32.0. The van der Waals surface area contributed by atoms with Crippen molar-refractivity contribution in [1.29, 1.82) is 0 Å². The third-order valence-electron chi connectivity index (χ3n) is 6.51. The molecular weight excluding hydrogens is 951 g/mol. The summed E-state index contributed by atoms with van der Waals surface area (Å²) in [7, 11) is 0. The Bertz CT molecular complexity index is 578. The van der Waals surface area contributed by atoms with Crippen molar-refractivity contribution in [3.8, 4) is 0 Å². The summed E-state index contributed by atoms with van der Waals surface area (Å²) in [6, 6.07) is 0. The second kappa shape index (κ2) is 16.6. The molecule has 2 fully saturated rings. The summed E-state index contributed by atoms with van der Waals surface area (Å²) in [6.45, 7) is 8.50. The van der Waals surface area contributed by atoms with E-state index in [4.69, 9.17) is 4.74 Å². The zero-order valence-corrected chi connectivity index (χ0v) is 28.6. The topological polar surface area (TPSA) is 90.4 Å². The Morgan fingerprint density at radius 3 is 1.87 bits per heavy atom. The van der Waals surface area contributed by atoms with Crippen LogP contribution in [0.15, 0.2) is 23.6 Å². The largest absolute Gasteiger partial charge is 0.344 e. The van der Waals surface area contributed by atoms with Gasteiger partial charge in [-0.2, -0.15) is 0 Å². The molecule has 5 nitrogen and oxygen atoms in total. The fourth-order valence-corrected chi connectivity index (χ4v) is 4.96. The summed E-state index contributed by atoms with van der Waals surface area (Å²) in [5, 5.41) is 2.83. The van der Waals surface area contributed by atoms with Crippen LogP contribution in [0, 0.1) is 35.5 Å². The molecule has 10 heteroatoms. The standard InChI is InChI=1S/C10H15NO.C10H14O2.I3.I2.H3N/c1-6-3-4-8-7(2)5-11-10(12)9(6)8;1-6-3-4-8-7(2)5-12-10(11)9(6)8;1-3-2;1-2;/h5-6,8-9H,3-4H2,1-2H3,(H,11,12);5-6,8-9H,3-4H2,1-2H3;;;1H3/q;;-1;;/t2*6-,8?,9?;;;/m00.../s1. The molecule has 0 radical (unpaired) electrons. The Balaban J connectivity index is 0.000000451. The minimum absolute atomic E-state index is 0. The van der Waals surface area contributed by atoms with Gasteiger partial charge in [0.15, 0.2) is 0 Å². The van der Waals surface area contributed by atoms with Crippen LogP contribution in [0.3, 0.4) is 0 Å². The van der Waals surface area contributed by atoms with Gasteiger partial charge in [0.2, 0.25) is 5.91 Å². The first-order valence-corrected chi connectivity index (χ1v) is 28.5. The van der Waals surface area contributed by atoms with Crippen LogP contribution in [0.2, 0.25) is 0 Å². The van der Waals surface area contributed by atoms with E-state index in [-0.39, 0.29) is 29.9 Å². The second-order valence-electron chi connectivity index (χ2n) is 8.12. The van der Waals surface area contributed by atoms with Crippen LogP contribution >= 0.6 is 74.5 Å². The maximum atomic E-state index is 11.5. The van der Waals surface area contributed by atoms with Gasteiger partial charge in [0.25, 0.3) is 0 Å². The normalized spacial score (nSPS) is 33.2. The van der Waals surface area contributed by atoms with Crippen LogP contribution in [-0.4, -0.2) is 11.9 Å². The van der Waals surface area contributed by atoms with E-state index in [1.165, 1.54) is 24.0 Å². The number of rotatable bonds is 0. The number of carbonyl (C=O) groups excluding carboxylic acids is 2. The Morgan fingerprint density at radius 1 is 0.933 bits per heavy atom. The Morgan fingerprint density at radius 2 is 1.40 bits per heavy atom. The average Bonchev–Trinajstić information content (AvgIpc) is 3.29. The van der Waals surface area contributed by atoms with Crippen molar-refractivity contribution >= 4 is 86.3 Å². The number of hydrogen-bond acceptors (Lipinski definition) is 4. The molecule has 2 heterocycles. The van der Waals surface area contributed by atoms with Crippen LogP contribution in [0.4, 0.5) is 0 Å². The molecule has 4 N–H and O–H groups in total. The third-order valence-corrected chi connectivity index (χ3v) is 6.51. The molecule has 2 aliphatic heterocycles. The number of fused-ring (bicyclic) bond motifs is 2. The molecule has 0 saturated heterocycles. The second-order valence-corrected chi connectivity index (χ2v) is 24.4. The van der Waals surface area contributed by atoms with E-state index in [9.17, 15) is 9.59 Å². The van der Waals surface area contributed by atoms with Crippen LogP contribution in [-0.2, 0) is 14.3 Å². The number of ether oxygens (including phenoxy) is 1. The average molecular weight is 983 g/mol. The van der Waals surface area contributed by atoms with E-state index < -0.39 is 0 Å². The number of amides is 1. The fraction of sp³-hybridized carbons (Fsp3) is 0.700. The third kappa shape index (κ3) is 8.67. The molecule has 176 valence electrons. The number of carbonyl (C=O) groups is 2. The Kier molecular flexibility index (Phi) is 17.7. The van der Waals surface area contributed by atoms with Crippen molar-refractivity contribution in [3.63, 3.8) is 0 Å². The number of halogens is 5. The van der Waals surface area contributed by atoms with Gasteiger partial charge in [-0.1, -0.05) is 19.4 Å². The molecule has 0 spiro atoms. The van der Waals surface area contributed by atoms with E-state index in [0.717, 1.165) is 12.8 Å². The smallest absolute Gasteiger partial charge is 0.344 e. The quantitative estimate of drug-likeness (QED) is 0.277. The van der Waals surface area contributed by atoms with Crippen molar-refractivity contribution in [2.75, 3.05) is 0 Å². The van der Waals surface area contributed by atoms with Gasteiger partial charge in [-0.15, -0.1) is 0 Å². The number of nitrogens with one attached hydrogen (secondary N) is 1. The van der Waals surface area contributed by atoms with Gasteiger partial charge < -0.3 is 16.2 Å². The van der Waals surface area contributed by atoms with Crippen molar-refractivity contribution < 1.29 is 27.6 Å². The minimum Gasteiger partial charge on any atom is -0.344 e. The number of esters is 1. The minimum atomic E-state index is -0.0180. The molecule has 4 aliphatic rings. The van der Waals surface area contributed by atoms with E-state index in [0.29, 0.717) is 36.9 Å². The van der Waals surface area contributed by atoms with Crippen molar-refractivity contribution in [2.24, 2.45) is 35.5 Å². The van der Waals surface area contributed by atoms with Gasteiger partial charge in [-0.25, -0.2) is 0 Å². The molecule has 1 amide bonds. The fourth-order valence-electron chi connectivity index (χ4n) is 4.96. The van der Waals surface area contributed by atoms with Crippen molar-refractivity contribution in [1.82, 2.24) is 11.5 Å². The van der Waals surface area contributed by atoms with Gasteiger partial charge in [-0.3, -0.25) is 9.59 Å². The summed E-state index contributed by atoms with van der Waals surface area (Å²) >= 11 is 9.54. The molecule has 2 saturated carbocycles. The van der Waals surface area contributed by atoms with E-state index in [1.54, 1.807) is 6.26 Å². The van der Waals surface area contributed by atoms with Gasteiger partial charge in [-0.05, 0) is 68.8 Å². The summed E-state index contributed by atoms with van der Waals surface area (Å²) in [5.74, 6) is 2.70. The summed E-state index contributed by atoms with van der Waals surface area (Å²) in [4.78, 5) is 22.8. The number of allylic oxidation sites excluding steroid dienone is 2. The van der Waals surface area contributed by atoms with Crippen molar-refractivity contribution in [3.05, 3.63) is 23.6 Å². The van der Waals surface area contributed by atoms with E-state index in [1.807, 2.05) is 6.20 Å². The molecule has 0 aromatic rings. The number of cyclic esters (lactones) is 1. The van der Waals surface area contributed by atoms with Crippen LogP contribution in [0.25, 0.3) is 0 Å². The molecule has 30 heavy (non-hydrogen) atoms. The zero-order chi connectivity index (χ0) is 22.1. The van der Waals surface area contributed by atoms with Gasteiger partial charge in [0.1, 0.15) is 0 Å². The molecular formula is C20H32I5N2O3-. The van der Waals surface area contributed by atoms with Crippen LogP contribution in [0.1, 0.15) is 53.4 Å². The van der Waals surface area contributed by atoms with E-state index >= 15 is 0 Å². The molecule has 6 atom stereocenters. The Labute approximate surface area is 234 Å². The summed E-state index contributed by atoms with van der Waals surface area (Å²) < 4.78 is 4.97. The SMILES string of the molecule is CC1=CNC(=O)C2C1CC[C@@H]2C.CC1=COC(=O)C2C1CC[C@@H]2C.II.I[I-]I.N. The summed E-state index contributed by atoms with van der Waals surface area (Å²) in [6.07, 6.45) is 8.22. The van der Waals surface area contributed by atoms with Gasteiger partial charge in [0, 0.05) is 49.3 Å². The maximum Gasteiger partial charge on any atom is -0.344 e. The zero-order valence-electron chi connectivity index (χ0n) is 17.8. The molecule has 4 rings (SSSR count). The number of hydrogen-bond donors (Lipinski definition) is 2. The van der Waals surface area contributed by atoms with Gasteiger partial charge >= 0.3 is 56.5 Å². The first-order valence-electron chi connectivity index (χ1n) is 9.67. The molecule has 0 aromatic carbocycles.